The first-order valence-electron chi connectivity index (χ1n) is 12.5. The molecule has 0 unspecified atom stereocenters. The number of aromatic nitrogens is 3. The maximum atomic E-state index is 12.7. The Morgan fingerprint density at radius 1 is 0.897 bits per heavy atom. The molecule has 1 N–H and O–H groups in total. The Morgan fingerprint density at radius 3 is 2.13 bits per heavy atom. The summed E-state index contributed by atoms with van der Waals surface area (Å²) in [6, 6.07) is 25.8. The van der Waals surface area contributed by atoms with Crippen LogP contribution in [0, 0.1) is 0 Å². The van der Waals surface area contributed by atoms with Crippen molar-refractivity contribution in [1.29, 1.82) is 0 Å². The van der Waals surface area contributed by atoms with E-state index < -0.39 is 6.36 Å². The van der Waals surface area contributed by atoms with Crippen molar-refractivity contribution in [2.45, 2.75) is 25.9 Å². The first-order valence-corrected chi connectivity index (χ1v) is 12.5. The number of aryl methyl sites for hydroxylation is 1. The molecule has 0 fully saturated rings. The van der Waals surface area contributed by atoms with E-state index in [9.17, 15) is 18.3 Å². The second-order valence-electron chi connectivity index (χ2n) is 8.99. The maximum Gasteiger partial charge on any atom is 0.573 e. The Bertz CT molecular complexity index is 1630. The average molecular weight is 533 g/mol. The van der Waals surface area contributed by atoms with Crippen LogP contribution in [0.2, 0.25) is 0 Å². The van der Waals surface area contributed by atoms with Gasteiger partial charge in [-0.1, -0.05) is 72.8 Å². The van der Waals surface area contributed by atoms with Gasteiger partial charge in [-0.25, -0.2) is 4.98 Å². The summed E-state index contributed by atoms with van der Waals surface area (Å²) in [5, 5.41) is 10.3. The van der Waals surface area contributed by atoms with Crippen LogP contribution < -0.4 is 10.2 Å². The number of hydrogen-bond acceptors (Lipinski definition) is 4. The molecule has 2 heterocycles. The molecule has 9 heteroatoms. The highest BCUT2D eigenvalue weighted by atomic mass is 19.4. The van der Waals surface area contributed by atoms with Gasteiger partial charge in [0.2, 0.25) is 0 Å². The summed E-state index contributed by atoms with van der Waals surface area (Å²) in [5.74, 6) is -0.271. The Kier molecular flexibility index (Phi) is 7.51. The zero-order chi connectivity index (χ0) is 27.4. The lowest BCUT2D eigenvalue weighted by Crippen LogP contribution is -2.23. The number of halogens is 3. The van der Waals surface area contributed by atoms with Crippen LogP contribution in [0.1, 0.15) is 12.0 Å². The minimum absolute atomic E-state index is 0.0457. The van der Waals surface area contributed by atoms with Crippen molar-refractivity contribution < 1.29 is 23.0 Å². The van der Waals surface area contributed by atoms with Gasteiger partial charge in [-0.3, -0.25) is 4.99 Å². The van der Waals surface area contributed by atoms with Gasteiger partial charge in [0, 0.05) is 32.3 Å². The van der Waals surface area contributed by atoms with Gasteiger partial charge >= 0.3 is 6.36 Å². The standard InChI is InChI=1S/C30H27F3N4O2/c1-34-28-26-25(22-9-4-2-5-10-22)27(23-11-6-3-7-12-23)37(29(26)35-20-36(28)17-8-18-38)19-21-13-15-24(16-14-21)39-30(31,32)33/h2-7,9-16,20,38H,8,17-19H2,1H3/b34-28+. The van der Waals surface area contributed by atoms with Gasteiger partial charge in [0.1, 0.15) is 16.9 Å². The van der Waals surface area contributed by atoms with Crippen molar-refractivity contribution >= 4 is 11.0 Å². The minimum Gasteiger partial charge on any atom is -0.406 e. The van der Waals surface area contributed by atoms with Crippen LogP contribution in [0.4, 0.5) is 13.2 Å². The van der Waals surface area contributed by atoms with Gasteiger partial charge in [-0.15, -0.1) is 13.2 Å². The van der Waals surface area contributed by atoms with Crippen LogP contribution in [0.3, 0.4) is 0 Å². The van der Waals surface area contributed by atoms with E-state index in [0.717, 1.165) is 38.8 Å². The molecular formula is C30H27F3N4O2. The van der Waals surface area contributed by atoms with E-state index >= 15 is 0 Å². The van der Waals surface area contributed by atoms with E-state index in [1.54, 1.807) is 25.5 Å². The van der Waals surface area contributed by atoms with Crippen LogP contribution >= 0.6 is 0 Å². The lowest BCUT2D eigenvalue weighted by molar-refractivity contribution is -0.274. The van der Waals surface area contributed by atoms with Crippen molar-refractivity contribution in [2.75, 3.05) is 13.7 Å². The highest BCUT2D eigenvalue weighted by Gasteiger charge is 2.31. The zero-order valence-corrected chi connectivity index (χ0v) is 21.3. The summed E-state index contributed by atoms with van der Waals surface area (Å²) in [5.41, 5.74) is 6.05. The molecule has 3 aromatic carbocycles. The zero-order valence-electron chi connectivity index (χ0n) is 21.3. The third-order valence-corrected chi connectivity index (χ3v) is 6.43. The molecule has 0 radical (unpaired) electrons. The van der Waals surface area contributed by atoms with Crippen LogP contribution in [0.15, 0.2) is 96.2 Å². The Labute approximate surface area is 223 Å². The first kappa shape index (κ1) is 26.2. The topological polar surface area (TPSA) is 64.6 Å². The predicted octanol–water partition coefficient (Wildman–Crippen LogP) is 6.03. The Morgan fingerprint density at radius 2 is 1.54 bits per heavy atom. The van der Waals surface area contributed by atoms with E-state index in [-0.39, 0.29) is 12.4 Å². The molecule has 200 valence electrons. The van der Waals surface area contributed by atoms with Gasteiger partial charge in [0.15, 0.2) is 0 Å². The molecule has 5 aromatic rings. The minimum atomic E-state index is -4.75. The second-order valence-corrected chi connectivity index (χ2v) is 8.99. The van der Waals surface area contributed by atoms with E-state index in [1.165, 1.54) is 12.1 Å². The molecule has 39 heavy (non-hydrogen) atoms. The maximum absolute atomic E-state index is 12.7. The van der Waals surface area contributed by atoms with Gasteiger partial charge in [0.25, 0.3) is 0 Å². The summed E-state index contributed by atoms with van der Waals surface area (Å²) in [6.45, 7) is 0.952. The largest absolute Gasteiger partial charge is 0.573 e. The third-order valence-electron chi connectivity index (χ3n) is 6.43. The number of aliphatic hydroxyl groups is 1. The SMILES string of the molecule is C/N=c1\c2c(-c3ccccc3)c(-c3ccccc3)n(Cc3ccc(OC(F)(F)F)cc3)c2ncn1CCCO. The molecule has 0 saturated heterocycles. The Hall–Kier alpha value is -4.37. The van der Waals surface area contributed by atoms with E-state index in [1.807, 2.05) is 65.2 Å². The molecule has 6 nitrogen and oxygen atoms in total. The third kappa shape index (κ3) is 5.58. The molecule has 0 saturated carbocycles. The lowest BCUT2D eigenvalue weighted by Gasteiger charge is -2.14. The van der Waals surface area contributed by atoms with Gasteiger partial charge in [-0.2, -0.15) is 0 Å². The van der Waals surface area contributed by atoms with Gasteiger partial charge in [0.05, 0.1) is 17.4 Å². The smallest absolute Gasteiger partial charge is 0.406 e. The number of aliphatic hydroxyl groups excluding tert-OH is 1. The molecule has 0 spiro atoms. The van der Waals surface area contributed by atoms with Gasteiger partial charge < -0.3 is 19.0 Å². The number of benzene rings is 3. The summed E-state index contributed by atoms with van der Waals surface area (Å²) in [4.78, 5) is 9.49. The summed E-state index contributed by atoms with van der Waals surface area (Å²) in [7, 11) is 1.73. The average Bonchev–Trinajstić information content (AvgIpc) is 3.26. The van der Waals surface area contributed by atoms with E-state index in [4.69, 9.17) is 4.98 Å². The number of alkyl halides is 3. The second kappa shape index (κ2) is 11.2. The van der Waals surface area contributed by atoms with Gasteiger partial charge in [-0.05, 0) is 35.2 Å². The highest BCUT2D eigenvalue weighted by molar-refractivity contribution is 6.02. The van der Waals surface area contributed by atoms with E-state index in [2.05, 4.69) is 14.3 Å². The van der Waals surface area contributed by atoms with Crippen molar-refractivity contribution in [2.24, 2.45) is 4.99 Å². The molecular weight excluding hydrogens is 505 g/mol. The monoisotopic (exact) mass is 532 g/mol. The summed E-state index contributed by atoms with van der Waals surface area (Å²) < 4.78 is 46.1. The van der Waals surface area contributed by atoms with Crippen molar-refractivity contribution in [3.63, 3.8) is 0 Å². The normalized spacial score (nSPS) is 12.3. The highest BCUT2D eigenvalue weighted by Crippen LogP contribution is 2.39. The van der Waals surface area contributed by atoms with Crippen LogP contribution in [-0.2, 0) is 13.1 Å². The summed E-state index contributed by atoms with van der Waals surface area (Å²) in [6.07, 6.45) is -2.47. The molecule has 0 amide bonds. The van der Waals surface area contributed by atoms with Crippen LogP contribution in [0.25, 0.3) is 33.4 Å². The van der Waals surface area contributed by atoms with Crippen LogP contribution in [-0.4, -0.2) is 39.2 Å². The number of nitrogens with zero attached hydrogens (tertiary/aromatic N) is 4. The fourth-order valence-corrected chi connectivity index (χ4v) is 4.83. The lowest BCUT2D eigenvalue weighted by atomic mass is 9.99. The Balaban J connectivity index is 1.78. The number of hydrogen-bond donors (Lipinski definition) is 1. The predicted molar refractivity (Wildman–Crippen MR) is 144 cm³/mol. The fraction of sp³-hybridized carbons (Fsp3) is 0.200. The molecule has 0 bridgehead atoms. The van der Waals surface area contributed by atoms with E-state index in [0.29, 0.717) is 25.2 Å². The molecule has 0 aliphatic heterocycles. The number of rotatable bonds is 8. The van der Waals surface area contributed by atoms with Crippen molar-refractivity contribution in [3.8, 4) is 28.1 Å². The van der Waals surface area contributed by atoms with Crippen molar-refractivity contribution in [1.82, 2.24) is 14.1 Å². The first-order chi connectivity index (χ1) is 18.9. The molecule has 0 aliphatic rings. The van der Waals surface area contributed by atoms with Crippen molar-refractivity contribution in [3.05, 3.63) is 102 Å². The molecule has 2 aromatic heterocycles. The number of fused-ring (bicyclic) bond motifs is 1. The molecule has 0 atom stereocenters. The number of ether oxygens (including phenoxy) is 1. The molecule has 0 aliphatic carbocycles. The molecule has 5 rings (SSSR count). The van der Waals surface area contributed by atoms with Crippen LogP contribution in [0.5, 0.6) is 5.75 Å². The fourth-order valence-electron chi connectivity index (χ4n) is 4.83. The summed E-state index contributed by atoms with van der Waals surface area (Å²) >= 11 is 0. The quantitative estimate of drug-likeness (QED) is 0.265.